The van der Waals surface area contributed by atoms with Gasteiger partial charge in [-0.05, 0) is 50.3 Å². The first kappa shape index (κ1) is 15.5. The molecule has 3 N–H and O–H groups in total. The molecule has 0 unspecified atom stereocenters. The summed E-state index contributed by atoms with van der Waals surface area (Å²) in [5.41, 5.74) is 7.35. The van der Waals surface area contributed by atoms with Gasteiger partial charge in [0.15, 0.2) is 0 Å². The Morgan fingerprint density at radius 3 is 2.80 bits per heavy atom. The van der Waals surface area contributed by atoms with Crippen molar-refractivity contribution < 1.29 is 8.42 Å². The van der Waals surface area contributed by atoms with E-state index >= 15 is 0 Å². The Balaban J connectivity index is 2.00. The number of nitrogen functional groups attached to an aromatic ring is 1. The van der Waals surface area contributed by atoms with E-state index in [1.54, 1.807) is 12.1 Å². The monoisotopic (exact) mass is 358 g/mol. The molecule has 6 heteroatoms. The molecule has 0 amide bonds. The molecular weight excluding hydrogens is 340 g/mol. The van der Waals surface area contributed by atoms with Crippen molar-refractivity contribution in [2.24, 2.45) is 0 Å². The van der Waals surface area contributed by atoms with Gasteiger partial charge in [-0.2, -0.15) is 0 Å². The van der Waals surface area contributed by atoms with Crippen molar-refractivity contribution >= 4 is 31.6 Å². The van der Waals surface area contributed by atoms with Crippen LogP contribution in [0.2, 0.25) is 0 Å². The van der Waals surface area contributed by atoms with Crippen LogP contribution in [0.4, 0.5) is 5.69 Å². The van der Waals surface area contributed by atoms with Gasteiger partial charge in [0.2, 0.25) is 10.0 Å². The SMILES string of the molecule is Nc1ccc(Br)cc1S(=O)(=O)NCCC1=CCCCC1. The Hall–Kier alpha value is -0.850. The molecule has 0 aromatic heterocycles. The van der Waals surface area contributed by atoms with E-state index in [1.165, 1.54) is 24.5 Å². The van der Waals surface area contributed by atoms with E-state index in [1.807, 2.05) is 0 Å². The maximum absolute atomic E-state index is 12.2. The Morgan fingerprint density at radius 2 is 2.10 bits per heavy atom. The van der Waals surface area contributed by atoms with Gasteiger partial charge in [0.05, 0.1) is 5.69 Å². The zero-order chi connectivity index (χ0) is 14.6. The normalized spacial score (nSPS) is 15.9. The highest BCUT2D eigenvalue weighted by Crippen LogP contribution is 2.23. The molecule has 0 saturated carbocycles. The summed E-state index contributed by atoms with van der Waals surface area (Å²) < 4.78 is 27.7. The topological polar surface area (TPSA) is 72.2 Å². The third-order valence-electron chi connectivity index (χ3n) is 3.39. The molecule has 0 atom stereocenters. The lowest BCUT2D eigenvalue weighted by atomic mass is 9.97. The van der Waals surface area contributed by atoms with E-state index < -0.39 is 10.0 Å². The van der Waals surface area contributed by atoms with Gasteiger partial charge in [-0.3, -0.25) is 0 Å². The lowest BCUT2D eigenvalue weighted by molar-refractivity contribution is 0.580. The van der Waals surface area contributed by atoms with Crippen molar-refractivity contribution in [2.75, 3.05) is 12.3 Å². The first-order valence-corrected chi connectivity index (χ1v) is 8.99. The van der Waals surface area contributed by atoms with Crippen LogP contribution in [0.25, 0.3) is 0 Å². The molecule has 1 aliphatic carbocycles. The molecule has 0 heterocycles. The number of hydrogen-bond acceptors (Lipinski definition) is 3. The fourth-order valence-electron chi connectivity index (χ4n) is 2.30. The van der Waals surface area contributed by atoms with Crippen molar-refractivity contribution in [3.63, 3.8) is 0 Å². The molecular formula is C14H19BrN2O2S. The molecule has 0 radical (unpaired) electrons. The summed E-state index contributed by atoms with van der Waals surface area (Å²) in [6.45, 7) is 0.417. The molecule has 2 rings (SSSR count). The average molecular weight is 359 g/mol. The summed E-state index contributed by atoms with van der Waals surface area (Å²) >= 11 is 3.26. The number of rotatable bonds is 5. The summed E-state index contributed by atoms with van der Waals surface area (Å²) in [7, 11) is -3.55. The number of nitrogens with two attached hydrogens (primary N) is 1. The Morgan fingerprint density at radius 1 is 1.30 bits per heavy atom. The lowest BCUT2D eigenvalue weighted by Crippen LogP contribution is -2.26. The molecule has 0 bridgehead atoms. The largest absolute Gasteiger partial charge is 0.398 e. The van der Waals surface area contributed by atoms with Crippen LogP contribution in [-0.4, -0.2) is 15.0 Å². The number of anilines is 1. The second-order valence-electron chi connectivity index (χ2n) is 4.94. The minimum Gasteiger partial charge on any atom is -0.398 e. The highest BCUT2D eigenvalue weighted by Gasteiger charge is 2.17. The summed E-state index contributed by atoms with van der Waals surface area (Å²) in [6, 6.07) is 4.83. The summed E-state index contributed by atoms with van der Waals surface area (Å²) in [5.74, 6) is 0. The third-order valence-corrected chi connectivity index (χ3v) is 5.40. The number of sulfonamides is 1. The van der Waals surface area contributed by atoms with Crippen molar-refractivity contribution in [2.45, 2.75) is 37.0 Å². The van der Waals surface area contributed by atoms with Crippen molar-refractivity contribution in [3.8, 4) is 0 Å². The second-order valence-corrected chi connectivity index (χ2v) is 7.59. The van der Waals surface area contributed by atoms with Gasteiger partial charge in [0.25, 0.3) is 0 Å². The molecule has 20 heavy (non-hydrogen) atoms. The van der Waals surface area contributed by atoms with Crippen LogP contribution in [0.5, 0.6) is 0 Å². The van der Waals surface area contributed by atoms with Gasteiger partial charge in [-0.25, -0.2) is 13.1 Å². The van der Waals surface area contributed by atoms with Crippen LogP contribution >= 0.6 is 15.9 Å². The van der Waals surface area contributed by atoms with Gasteiger partial charge in [-0.1, -0.05) is 27.6 Å². The van der Waals surface area contributed by atoms with Gasteiger partial charge >= 0.3 is 0 Å². The highest BCUT2D eigenvalue weighted by atomic mass is 79.9. The zero-order valence-electron chi connectivity index (χ0n) is 11.2. The molecule has 0 saturated heterocycles. The van der Waals surface area contributed by atoms with Crippen molar-refractivity contribution in [1.29, 1.82) is 0 Å². The molecule has 1 aliphatic rings. The summed E-state index contributed by atoms with van der Waals surface area (Å²) in [5, 5.41) is 0. The predicted octanol–water partition coefficient (Wildman–Crippen LogP) is 3.20. The fourth-order valence-corrected chi connectivity index (χ4v) is 4.00. The van der Waals surface area contributed by atoms with Gasteiger partial charge < -0.3 is 5.73 Å². The van der Waals surface area contributed by atoms with Crippen LogP contribution in [0.1, 0.15) is 32.1 Å². The molecule has 110 valence electrons. The quantitative estimate of drug-likeness (QED) is 0.626. The third kappa shape index (κ3) is 4.07. The Kier molecular flexibility index (Phi) is 5.23. The molecule has 0 aliphatic heterocycles. The lowest BCUT2D eigenvalue weighted by Gasteiger charge is -2.13. The maximum Gasteiger partial charge on any atom is 0.242 e. The average Bonchev–Trinajstić information content (AvgIpc) is 2.42. The van der Waals surface area contributed by atoms with Gasteiger partial charge in [-0.15, -0.1) is 0 Å². The molecule has 1 aromatic rings. The van der Waals surface area contributed by atoms with Crippen LogP contribution in [0.3, 0.4) is 0 Å². The van der Waals surface area contributed by atoms with Crippen LogP contribution < -0.4 is 10.5 Å². The summed E-state index contributed by atoms with van der Waals surface area (Å²) in [6.07, 6.45) is 7.64. The molecule has 0 fully saturated rings. The molecule has 0 spiro atoms. The Bertz CT molecular complexity index is 612. The second kappa shape index (κ2) is 6.74. The van der Waals surface area contributed by atoms with Crippen molar-refractivity contribution in [1.82, 2.24) is 4.72 Å². The van der Waals surface area contributed by atoms with E-state index in [0.29, 0.717) is 11.0 Å². The van der Waals surface area contributed by atoms with Crippen LogP contribution in [0.15, 0.2) is 39.2 Å². The van der Waals surface area contributed by atoms with E-state index in [-0.39, 0.29) is 10.6 Å². The molecule has 1 aromatic carbocycles. The Labute approximate surface area is 128 Å². The van der Waals surface area contributed by atoms with E-state index in [9.17, 15) is 8.42 Å². The van der Waals surface area contributed by atoms with Crippen LogP contribution in [-0.2, 0) is 10.0 Å². The molecule has 4 nitrogen and oxygen atoms in total. The number of halogens is 1. The van der Waals surface area contributed by atoms with E-state index in [0.717, 1.165) is 19.3 Å². The minimum absolute atomic E-state index is 0.129. The van der Waals surface area contributed by atoms with E-state index in [4.69, 9.17) is 5.73 Å². The number of allylic oxidation sites excluding steroid dienone is 1. The van der Waals surface area contributed by atoms with E-state index in [2.05, 4.69) is 26.7 Å². The van der Waals surface area contributed by atoms with Crippen LogP contribution in [0, 0.1) is 0 Å². The standard InChI is InChI=1S/C14H19BrN2O2S/c15-12-6-7-13(16)14(10-12)20(18,19)17-9-8-11-4-2-1-3-5-11/h4,6-7,10,17H,1-3,5,8-9,16H2. The predicted molar refractivity (Wildman–Crippen MR) is 84.9 cm³/mol. The highest BCUT2D eigenvalue weighted by molar-refractivity contribution is 9.10. The first-order chi connectivity index (χ1) is 9.49. The number of nitrogens with one attached hydrogen (secondary N) is 1. The van der Waals surface area contributed by atoms with Gasteiger partial charge in [0, 0.05) is 11.0 Å². The van der Waals surface area contributed by atoms with Crippen molar-refractivity contribution in [3.05, 3.63) is 34.3 Å². The van der Waals surface area contributed by atoms with Gasteiger partial charge in [0.1, 0.15) is 4.90 Å². The first-order valence-electron chi connectivity index (χ1n) is 6.71. The zero-order valence-corrected chi connectivity index (χ0v) is 13.6. The number of hydrogen-bond donors (Lipinski definition) is 2. The minimum atomic E-state index is -3.55. The fraction of sp³-hybridized carbons (Fsp3) is 0.429. The smallest absolute Gasteiger partial charge is 0.242 e. The number of benzene rings is 1. The summed E-state index contributed by atoms with van der Waals surface area (Å²) in [4.78, 5) is 0.129. The maximum atomic E-state index is 12.2.